The van der Waals surface area contributed by atoms with Crippen molar-refractivity contribution in [1.82, 2.24) is 19.2 Å². The Morgan fingerprint density at radius 3 is 2.69 bits per heavy atom. The summed E-state index contributed by atoms with van der Waals surface area (Å²) < 4.78 is 28.5. The fourth-order valence-corrected chi connectivity index (χ4v) is 7.52. The molecule has 1 amide bonds. The molecular weight excluding hydrogens is 488 g/mol. The third kappa shape index (κ3) is 4.16. The van der Waals surface area contributed by atoms with E-state index in [-0.39, 0.29) is 23.2 Å². The first-order valence-electron chi connectivity index (χ1n) is 9.72. The molecule has 4 heterocycles. The number of thiophene rings is 1. The normalized spacial score (nSPS) is 15.5. The summed E-state index contributed by atoms with van der Waals surface area (Å²) in [6.45, 7) is 0.744. The topological polar surface area (TPSA) is 83.5 Å². The Bertz CT molecular complexity index is 1400. The van der Waals surface area contributed by atoms with E-state index in [0.717, 1.165) is 26.4 Å². The van der Waals surface area contributed by atoms with Crippen LogP contribution in [0.2, 0.25) is 5.02 Å². The van der Waals surface area contributed by atoms with Crippen LogP contribution in [0.15, 0.2) is 58.4 Å². The number of halogens is 1. The Hall–Kier alpha value is -2.37. The van der Waals surface area contributed by atoms with E-state index >= 15 is 0 Å². The van der Waals surface area contributed by atoms with Gasteiger partial charge < -0.3 is 4.90 Å². The van der Waals surface area contributed by atoms with Crippen LogP contribution >= 0.6 is 34.3 Å². The van der Waals surface area contributed by atoms with E-state index in [1.807, 2.05) is 17.5 Å². The van der Waals surface area contributed by atoms with Crippen molar-refractivity contribution in [3.8, 4) is 11.3 Å². The van der Waals surface area contributed by atoms with Gasteiger partial charge in [-0.1, -0.05) is 17.7 Å². The van der Waals surface area contributed by atoms with Gasteiger partial charge in [0.25, 0.3) is 10.0 Å². The van der Waals surface area contributed by atoms with E-state index in [9.17, 15) is 13.2 Å². The molecule has 0 unspecified atom stereocenters. The van der Waals surface area contributed by atoms with Gasteiger partial charge in [-0.2, -0.15) is 4.31 Å². The largest absolute Gasteiger partial charge is 0.333 e. The van der Waals surface area contributed by atoms with Crippen LogP contribution < -0.4 is 0 Å². The zero-order valence-electron chi connectivity index (χ0n) is 16.6. The molecule has 0 N–H and O–H groups in total. The van der Waals surface area contributed by atoms with Crippen molar-refractivity contribution < 1.29 is 13.2 Å². The highest BCUT2D eigenvalue weighted by Crippen LogP contribution is 2.33. The van der Waals surface area contributed by atoms with Gasteiger partial charge in [0.05, 0.1) is 18.8 Å². The number of aromatic nitrogens is 2. The van der Waals surface area contributed by atoms with E-state index in [0.29, 0.717) is 18.1 Å². The average Bonchev–Trinajstić information content (AvgIpc) is 3.43. The van der Waals surface area contributed by atoms with Gasteiger partial charge in [0.15, 0.2) is 0 Å². The van der Waals surface area contributed by atoms with Crippen LogP contribution in [0.1, 0.15) is 5.01 Å². The molecule has 0 aliphatic carbocycles. The SMILES string of the molecule is O=C1CN(S(=O)(=O)c2cc3ccc(Cl)cc3s2)CCN1Cc1nc(-c2ccncc2)cs1. The predicted molar refractivity (Wildman–Crippen MR) is 126 cm³/mol. The molecule has 0 spiro atoms. The molecule has 0 radical (unpaired) electrons. The van der Waals surface area contributed by atoms with E-state index in [1.165, 1.54) is 27.0 Å². The molecule has 11 heteroatoms. The zero-order chi connectivity index (χ0) is 22.3. The molecule has 4 aromatic rings. The number of hydrogen-bond donors (Lipinski definition) is 0. The highest BCUT2D eigenvalue weighted by Gasteiger charge is 2.34. The quantitative estimate of drug-likeness (QED) is 0.408. The predicted octanol–water partition coefficient (Wildman–Crippen LogP) is 4.11. The maximum atomic E-state index is 13.1. The van der Waals surface area contributed by atoms with Crippen molar-refractivity contribution in [2.75, 3.05) is 19.6 Å². The van der Waals surface area contributed by atoms with Crippen LogP contribution in [0.4, 0.5) is 0 Å². The number of piperazine rings is 1. The number of thiazole rings is 1. The van der Waals surface area contributed by atoms with Crippen molar-refractivity contribution in [2.45, 2.75) is 10.8 Å². The van der Waals surface area contributed by atoms with Crippen LogP contribution in [-0.2, 0) is 21.4 Å². The molecule has 0 saturated carbocycles. The molecule has 3 aromatic heterocycles. The van der Waals surface area contributed by atoms with E-state index in [4.69, 9.17) is 11.6 Å². The van der Waals surface area contributed by atoms with E-state index < -0.39 is 10.0 Å². The third-order valence-electron chi connectivity index (χ3n) is 5.19. The first-order chi connectivity index (χ1) is 15.4. The Morgan fingerprint density at radius 2 is 1.91 bits per heavy atom. The molecule has 1 saturated heterocycles. The number of carbonyl (C=O) groups is 1. The van der Waals surface area contributed by atoms with E-state index in [1.54, 1.807) is 41.6 Å². The average molecular weight is 505 g/mol. The number of hydrogen-bond acceptors (Lipinski definition) is 7. The second-order valence-corrected chi connectivity index (χ2v) is 11.9. The zero-order valence-corrected chi connectivity index (χ0v) is 19.8. The Balaban J connectivity index is 1.28. The van der Waals surface area contributed by atoms with Crippen molar-refractivity contribution in [2.24, 2.45) is 0 Å². The van der Waals surface area contributed by atoms with Crippen molar-refractivity contribution in [3.05, 3.63) is 64.2 Å². The fourth-order valence-electron chi connectivity index (χ4n) is 3.50. The second-order valence-electron chi connectivity index (χ2n) is 7.26. The van der Waals surface area contributed by atoms with Gasteiger partial charge in [-0.3, -0.25) is 9.78 Å². The van der Waals surface area contributed by atoms with Crippen LogP contribution in [0.25, 0.3) is 21.3 Å². The molecule has 1 fully saturated rings. The summed E-state index contributed by atoms with van der Waals surface area (Å²) >= 11 is 8.66. The molecule has 32 heavy (non-hydrogen) atoms. The standard InChI is InChI=1S/C21H17ClN4O3S3/c22-16-2-1-15-9-21(31-18(15)10-16)32(28,29)26-8-7-25(20(27)12-26)11-19-24-17(13-30-19)14-3-5-23-6-4-14/h1-6,9-10,13H,7-8,11-12H2. The van der Waals surface area contributed by atoms with Crippen LogP contribution in [-0.4, -0.2) is 53.1 Å². The lowest BCUT2D eigenvalue weighted by atomic mass is 10.2. The number of fused-ring (bicyclic) bond motifs is 1. The molecule has 164 valence electrons. The Labute approximate surface area is 198 Å². The molecular formula is C21H17ClN4O3S3. The maximum Gasteiger partial charge on any atom is 0.253 e. The van der Waals surface area contributed by atoms with Crippen LogP contribution in [0.3, 0.4) is 0 Å². The maximum absolute atomic E-state index is 13.1. The second kappa shape index (κ2) is 8.53. The van der Waals surface area contributed by atoms with Gasteiger partial charge in [0.1, 0.15) is 9.22 Å². The summed E-state index contributed by atoms with van der Waals surface area (Å²) in [5, 5.41) is 4.13. The molecule has 7 nitrogen and oxygen atoms in total. The van der Waals surface area contributed by atoms with Gasteiger partial charge in [-0.05, 0) is 35.7 Å². The summed E-state index contributed by atoms with van der Waals surface area (Å²) in [7, 11) is -3.76. The lowest BCUT2D eigenvalue weighted by Crippen LogP contribution is -2.51. The Morgan fingerprint density at radius 1 is 1.09 bits per heavy atom. The number of rotatable bonds is 5. The summed E-state index contributed by atoms with van der Waals surface area (Å²) in [5.41, 5.74) is 1.81. The summed E-state index contributed by atoms with van der Waals surface area (Å²) in [6, 6.07) is 10.7. The molecule has 1 aliphatic rings. The van der Waals surface area contributed by atoms with Crippen molar-refractivity contribution in [3.63, 3.8) is 0 Å². The summed E-state index contributed by atoms with van der Waals surface area (Å²) in [4.78, 5) is 23.0. The molecule has 0 atom stereocenters. The molecule has 1 aliphatic heterocycles. The first-order valence-corrected chi connectivity index (χ1v) is 13.2. The minimum Gasteiger partial charge on any atom is -0.333 e. The number of pyridine rings is 1. The minimum absolute atomic E-state index is 0.181. The highest BCUT2D eigenvalue weighted by atomic mass is 35.5. The lowest BCUT2D eigenvalue weighted by molar-refractivity contribution is -0.134. The number of nitrogens with zero attached hydrogens (tertiary/aromatic N) is 4. The van der Waals surface area contributed by atoms with Gasteiger partial charge in [0.2, 0.25) is 5.91 Å². The number of carbonyl (C=O) groups excluding carboxylic acids is 1. The van der Waals surface area contributed by atoms with Crippen molar-refractivity contribution in [1.29, 1.82) is 0 Å². The molecule has 0 bridgehead atoms. The van der Waals surface area contributed by atoms with Crippen molar-refractivity contribution >= 4 is 60.3 Å². The minimum atomic E-state index is -3.76. The number of sulfonamides is 1. The first kappa shape index (κ1) is 21.5. The Kier molecular flexibility index (Phi) is 5.72. The summed E-state index contributed by atoms with van der Waals surface area (Å²) in [5.74, 6) is -0.232. The number of benzene rings is 1. The van der Waals surface area contributed by atoms with Gasteiger partial charge in [-0.25, -0.2) is 13.4 Å². The van der Waals surface area contributed by atoms with Gasteiger partial charge >= 0.3 is 0 Å². The molecule has 1 aromatic carbocycles. The monoisotopic (exact) mass is 504 g/mol. The van der Waals surface area contributed by atoms with Gasteiger partial charge in [-0.15, -0.1) is 22.7 Å². The smallest absolute Gasteiger partial charge is 0.253 e. The number of amides is 1. The van der Waals surface area contributed by atoms with Gasteiger partial charge in [0, 0.05) is 46.1 Å². The molecule has 5 rings (SSSR count). The van der Waals surface area contributed by atoms with Crippen LogP contribution in [0, 0.1) is 0 Å². The third-order valence-corrected chi connectivity index (χ3v) is 9.65. The fraction of sp³-hybridized carbons (Fsp3) is 0.190. The lowest BCUT2D eigenvalue weighted by Gasteiger charge is -2.32. The summed E-state index contributed by atoms with van der Waals surface area (Å²) in [6.07, 6.45) is 3.42. The van der Waals surface area contributed by atoms with Crippen LogP contribution in [0.5, 0.6) is 0 Å². The highest BCUT2D eigenvalue weighted by molar-refractivity contribution is 7.91. The van der Waals surface area contributed by atoms with E-state index in [2.05, 4.69) is 9.97 Å².